The van der Waals surface area contributed by atoms with Crippen molar-refractivity contribution in [1.82, 2.24) is 5.32 Å². The van der Waals surface area contributed by atoms with Crippen molar-refractivity contribution in [2.45, 2.75) is 52.6 Å². The number of nitrogens with one attached hydrogen (secondary N) is 1. The third-order valence-electron chi connectivity index (χ3n) is 3.81. The quantitative estimate of drug-likeness (QED) is 0.898. The zero-order valence-electron chi connectivity index (χ0n) is 11.7. The number of thiophene rings is 1. The Kier molecular flexibility index (Phi) is 4.38. The maximum atomic E-state index is 4.72. The molecule has 1 fully saturated rings. The van der Waals surface area contributed by atoms with Crippen molar-refractivity contribution in [3.05, 3.63) is 21.4 Å². The number of nitrogens with zero attached hydrogens (tertiary/aromatic N) is 1. The standard InChI is InChI=1S/C14H22N2S2/c1-5-14(6-2)9-17-13(16-14)15-8-12-7-10(3)11(4)18-12/h7H,5-6,8-9H2,1-4H3,(H,15,16). The van der Waals surface area contributed by atoms with E-state index in [9.17, 15) is 0 Å². The van der Waals surface area contributed by atoms with E-state index in [1.807, 2.05) is 23.1 Å². The molecule has 1 aliphatic heterocycles. The monoisotopic (exact) mass is 282 g/mol. The SMILES string of the molecule is CCC1(CC)CSC(=NCc2cc(C)c(C)s2)N1. The molecule has 0 saturated carbocycles. The maximum absolute atomic E-state index is 4.72. The molecule has 0 amide bonds. The molecule has 2 heterocycles. The third-order valence-corrected chi connectivity index (χ3v) is 6.15. The summed E-state index contributed by atoms with van der Waals surface area (Å²) in [6.07, 6.45) is 2.35. The predicted molar refractivity (Wildman–Crippen MR) is 83.8 cm³/mol. The molecule has 100 valence electrons. The number of hydrogen-bond acceptors (Lipinski definition) is 3. The second-order valence-corrected chi connectivity index (χ2v) is 7.28. The summed E-state index contributed by atoms with van der Waals surface area (Å²) >= 11 is 3.74. The largest absolute Gasteiger partial charge is 0.359 e. The Labute approximate surface area is 118 Å². The number of amidine groups is 1. The molecule has 0 aliphatic carbocycles. The molecule has 0 radical (unpaired) electrons. The van der Waals surface area contributed by atoms with E-state index in [2.05, 4.69) is 39.1 Å². The zero-order chi connectivity index (χ0) is 13.2. The summed E-state index contributed by atoms with van der Waals surface area (Å²) < 4.78 is 0. The number of aryl methyl sites for hydroxylation is 2. The van der Waals surface area contributed by atoms with Crippen molar-refractivity contribution in [2.24, 2.45) is 4.99 Å². The predicted octanol–water partition coefficient (Wildman–Crippen LogP) is 4.12. The van der Waals surface area contributed by atoms with Crippen molar-refractivity contribution in [2.75, 3.05) is 5.75 Å². The van der Waals surface area contributed by atoms with E-state index in [-0.39, 0.29) is 5.54 Å². The van der Waals surface area contributed by atoms with Crippen molar-refractivity contribution >= 4 is 28.3 Å². The summed E-state index contributed by atoms with van der Waals surface area (Å²) in [6.45, 7) is 9.68. The Morgan fingerprint density at radius 1 is 1.33 bits per heavy atom. The van der Waals surface area contributed by atoms with E-state index in [0.717, 1.165) is 17.5 Å². The molecule has 1 N–H and O–H groups in total. The molecule has 0 spiro atoms. The van der Waals surface area contributed by atoms with Crippen LogP contribution in [0.5, 0.6) is 0 Å². The van der Waals surface area contributed by atoms with Gasteiger partial charge in [0.2, 0.25) is 0 Å². The third kappa shape index (κ3) is 2.91. The highest BCUT2D eigenvalue weighted by Gasteiger charge is 2.33. The Hall–Kier alpha value is -0.480. The van der Waals surface area contributed by atoms with Crippen molar-refractivity contribution in [3.8, 4) is 0 Å². The zero-order valence-corrected chi connectivity index (χ0v) is 13.3. The average Bonchev–Trinajstić information content (AvgIpc) is 2.92. The fraction of sp³-hybridized carbons (Fsp3) is 0.643. The van der Waals surface area contributed by atoms with Crippen LogP contribution in [0.1, 0.15) is 42.0 Å². The first kappa shape index (κ1) is 13.9. The normalized spacial score (nSPS) is 20.3. The van der Waals surface area contributed by atoms with Crippen LogP contribution in [0.25, 0.3) is 0 Å². The van der Waals surface area contributed by atoms with Crippen LogP contribution in [0.15, 0.2) is 11.1 Å². The van der Waals surface area contributed by atoms with Crippen molar-refractivity contribution in [1.29, 1.82) is 0 Å². The lowest BCUT2D eigenvalue weighted by atomic mass is 9.96. The van der Waals surface area contributed by atoms with Gasteiger partial charge in [0.15, 0.2) is 5.17 Å². The molecule has 1 aromatic heterocycles. The van der Waals surface area contributed by atoms with E-state index in [0.29, 0.717) is 0 Å². The van der Waals surface area contributed by atoms with Gasteiger partial charge in [-0.2, -0.15) is 0 Å². The highest BCUT2D eigenvalue weighted by molar-refractivity contribution is 8.14. The molecule has 2 rings (SSSR count). The fourth-order valence-electron chi connectivity index (χ4n) is 2.10. The minimum atomic E-state index is 0.283. The fourth-order valence-corrected chi connectivity index (χ4v) is 4.41. The molecule has 2 nitrogen and oxygen atoms in total. The Bertz CT molecular complexity index is 425. The maximum Gasteiger partial charge on any atom is 0.157 e. The summed E-state index contributed by atoms with van der Waals surface area (Å²) in [5.74, 6) is 1.15. The van der Waals surface area contributed by atoms with Crippen LogP contribution in [-0.2, 0) is 6.54 Å². The summed E-state index contributed by atoms with van der Waals surface area (Å²) in [5, 5.41) is 4.74. The molecular weight excluding hydrogens is 260 g/mol. The molecule has 4 heteroatoms. The number of rotatable bonds is 4. The van der Waals surface area contributed by atoms with Gasteiger partial charge in [0.05, 0.1) is 6.54 Å². The second-order valence-electron chi connectivity index (χ2n) is 4.97. The smallest absolute Gasteiger partial charge is 0.157 e. The number of thioether (sulfide) groups is 1. The molecular formula is C14H22N2S2. The minimum absolute atomic E-state index is 0.283. The van der Waals surface area contributed by atoms with E-state index in [1.54, 1.807) is 0 Å². The van der Waals surface area contributed by atoms with E-state index < -0.39 is 0 Å². The molecule has 0 unspecified atom stereocenters. The van der Waals surface area contributed by atoms with Crippen molar-refractivity contribution < 1.29 is 0 Å². The van der Waals surface area contributed by atoms with Gasteiger partial charge in [0, 0.05) is 21.0 Å². The lowest BCUT2D eigenvalue weighted by molar-refractivity contribution is 0.407. The Morgan fingerprint density at radius 3 is 2.56 bits per heavy atom. The summed E-state index contributed by atoms with van der Waals surface area (Å²) in [4.78, 5) is 7.49. The molecule has 1 saturated heterocycles. The van der Waals surface area contributed by atoms with Crippen LogP contribution >= 0.6 is 23.1 Å². The van der Waals surface area contributed by atoms with Gasteiger partial charge in [0.25, 0.3) is 0 Å². The summed E-state index contributed by atoms with van der Waals surface area (Å²) in [7, 11) is 0. The van der Waals surface area contributed by atoms with Gasteiger partial charge < -0.3 is 5.32 Å². The van der Waals surface area contributed by atoms with Gasteiger partial charge in [-0.05, 0) is 38.3 Å². The number of hydrogen-bond donors (Lipinski definition) is 1. The molecule has 0 bridgehead atoms. The second kappa shape index (κ2) is 5.66. The Morgan fingerprint density at radius 2 is 2.06 bits per heavy atom. The lowest BCUT2D eigenvalue weighted by Gasteiger charge is -2.25. The highest BCUT2D eigenvalue weighted by atomic mass is 32.2. The first-order chi connectivity index (χ1) is 8.58. The molecule has 0 atom stereocenters. The van der Waals surface area contributed by atoms with Crippen LogP contribution in [0, 0.1) is 13.8 Å². The van der Waals surface area contributed by atoms with E-state index in [4.69, 9.17) is 4.99 Å². The highest BCUT2D eigenvalue weighted by Crippen LogP contribution is 2.29. The Balaban J connectivity index is 1.99. The summed E-state index contributed by atoms with van der Waals surface area (Å²) in [5.41, 5.74) is 1.67. The van der Waals surface area contributed by atoms with Crippen molar-refractivity contribution in [3.63, 3.8) is 0 Å². The average molecular weight is 282 g/mol. The van der Waals surface area contributed by atoms with Crippen LogP contribution in [0.2, 0.25) is 0 Å². The van der Waals surface area contributed by atoms with Gasteiger partial charge in [-0.25, -0.2) is 0 Å². The van der Waals surface area contributed by atoms with Gasteiger partial charge >= 0.3 is 0 Å². The van der Waals surface area contributed by atoms with Crippen LogP contribution in [0.4, 0.5) is 0 Å². The van der Waals surface area contributed by atoms with Gasteiger partial charge in [-0.15, -0.1) is 11.3 Å². The van der Waals surface area contributed by atoms with Crippen LogP contribution in [0.3, 0.4) is 0 Å². The topological polar surface area (TPSA) is 24.4 Å². The first-order valence-electron chi connectivity index (χ1n) is 6.60. The van der Waals surface area contributed by atoms with Crippen LogP contribution in [-0.4, -0.2) is 16.5 Å². The van der Waals surface area contributed by atoms with Gasteiger partial charge in [0.1, 0.15) is 0 Å². The first-order valence-corrected chi connectivity index (χ1v) is 8.40. The van der Waals surface area contributed by atoms with Gasteiger partial charge in [-0.3, -0.25) is 4.99 Å². The molecule has 0 aromatic carbocycles. The molecule has 18 heavy (non-hydrogen) atoms. The molecule has 1 aromatic rings. The van der Waals surface area contributed by atoms with Crippen LogP contribution < -0.4 is 5.32 Å². The molecule has 1 aliphatic rings. The lowest BCUT2D eigenvalue weighted by Crippen LogP contribution is -2.42. The van der Waals surface area contributed by atoms with E-state index >= 15 is 0 Å². The minimum Gasteiger partial charge on any atom is -0.359 e. The number of aliphatic imine (C=N–C) groups is 1. The van der Waals surface area contributed by atoms with Gasteiger partial charge in [-0.1, -0.05) is 25.6 Å². The van der Waals surface area contributed by atoms with E-state index in [1.165, 1.54) is 28.2 Å². The summed E-state index contributed by atoms with van der Waals surface area (Å²) in [6, 6.07) is 2.26.